The maximum absolute atomic E-state index is 9.74. The molecular weight excluding hydrogens is 214 g/mol. The lowest BCUT2D eigenvalue weighted by Crippen LogP contribution is -2.36. The molecule has 0 aromatic heterocycles. The van der Waals surface area contributed by atoms with E-state index in [2.05, 4.69) is 12.2 Å². The summed E-state index contributed by atoms with van der Waals surface area (Å²) in [7, 11) is 1.64. The Labute approximate surface area is 103 Å². The Hall–Kier alpha value is -1.22. The van der Waals surface area contributed by atoms with Gasteiger partial charge in [-0.05, 0) is 36.5 Å². The molecule has 0 saturated heterocycles. The van der Waals surface area contributed by atoms with Gasteiger partial charge in [-0.1, -0.05) is 13.3 Å². The van der Waals surface area contributed by atoms with E-state index < -0.39 is 0 Å². The van der Waals surface area contributed by atoms with Crippen LogP contribution in [0.5, 0.6) is 11.5 Å². The van der Waals surface area contributed by atoms with Gasteiger partial charge in [0.2, 0.25) is 0 Å². The van der Waals surface area contributed by atoms with E-state index in [1.165, 1.54) is 19.3 Å². The first-order valence-electron chi connectivity index (χ1n) is 6.20. The Morgan fingerprint density at radius 2 is 2.18 bits per heavy atom. The van der Waals surface area contributed by atoms with Gasteiger partial charge in [-0.2, -0.15) is 0 Å². The predicted octanol–water partition coefficient (Wildman–Crippen LogP) is 2.68. The van der Waals surface area contributed by atoms with Crippen LogP contribution in [0.25, 0.3) is 0 Å². The van der Waals surface area contributed by atoms with Gasteiger partial charge in [-0.15, -0.1) is 0 Å². The molecule has 0 heterocycles. The van der Waals surface area contributed by atoms with E-state index in [9.17, 15) is 5.11 Å². The number of phenolic OH excluding ortho intramolecular Hbond substituents is 1. The Kier molecular flexibility index (Phi) is 3.57. The minimum Gasteiger partial charge on any atom is -0.508 e. The van der Waals surface area contributed by atoms with Crippen LogP contribution in [0, 0.1) is 5.41 Å². The van der Waals surface area contributed by atoms with Gasteiger partial charge in [0.05, 0.1) is 7.11 Å². The molecule has 0 amide bonds. The summed E-state index contributed by atoms with van der Waals surface area (Å²) in [5.41, 5.74) is 1.36. The van der Waals surface area contributed by atoms with E-state index >= 15 is 0 Å². The van der Waals surface area contributed by atoms with Crippen LogP contribution < -0.4 is 10.1 Å². The van der Waals surface area contributed by atoms with Crippen LogP contribution in [0.2, 0.25) is 0 Å². The molecule has 1 aromatic carbocycles. The molecule has 1 aliphatic carbocycles. The summed E-state index contributed by atoms with van der Waals surface area (Å²) in [4.78, 5) is 0. The summed E-state index contributed by atoms with van der Waals surface area (Å²) >= 11 is 0. The summed E-state index contributed by atoms with van der Waals surface area (Å²) in [6.45, 7) is 4.03. The molecule has 0 bridgehead atoms. The lowest BCUT2D eigenvalue weighted by atomic mass is 9.70. The topological polar surface area (TPSA) is 41.5 Å². The van der Waals surface area contributed by atoms with E-state index in [4.69, 9.17) is 4.74 Å². The zero-order valence-corrected chi connectivity index (χ0v) is 10.6. The number of nitrogens with one attached hydrogen (secondary N) is 1. The van der Waals surface area contributed by atoms with Crippen molar-refractivity contribution < 1.29 is 9.84 Å². The van der Waals surface area contributed by atoms with Crippen LogP contribution in [0.4, 0.5) is 0 Å². The highest BCUT2D eigenvalue weighted by Crippen LogP contribution is 2.39. The number of hydrogen-bond acceptors (Lipinski definition) is 3. The maximum Gasteiger partial charge on any atom is 0.120 e. The smallest absolute Gasteiger partial charge is 0.120 e. The minimum absolute atomic E-state index is 0.331. The molecule has 0 atom stereocenters. The van der Waals surface area contributed by atoms with Crippen molar-refractivity contribution in [3.8, 4) is 11.5 Å². The van der Waals surface area contributed by atoms with E-state index in [0.29, 0.717) is 17.7 Å². The van der Waals surface area contributed by atoms with Gasteiger partial charge in [-0.25, -0.2) is 0 Å². The van der Waals surface area contributed by atoms with Crippen molar-refractivity contribution in [3.63, 3.8) is 0 Å². The minimum atomic E-state index is 0.331. The van der Waals surface area contributed by atoms with E-state index in [1.54, 1.807) is 19.2 Å². The number of aromatic hydroxyl groups is 1. The monoisotopic (exact) mass is 235 g/mol. The molecule has 0 spiro atoms. The highest BCUT2D eigenvalue weighted by molar-refractivity contribution is 5.39. The van der Waals surface area contributed by atoms with E-state index in [1.807, 2.05) is 6.07 Å². The molecule has 1 aliphatic rings. The van der Waals surface area contributed by atoms with Crippen molar-refractivity contribution in [2.75, 3.05) is 13.7 Å². The number of phenols is 1. The highest BCUT2D eigenvalue weighted by Gasteiger charge is 2.30. The third-order valence-electron chi connectivity index (χ3n) is 3.71. The fourth-order valence-corrected chi connectivity index (χ4v) is 2.29. The van der Waals surface area contributed by atoms with Crippen LogP contribution in [0.3, 0.4) is 0 Å². The molecule has 2 rings (SSSR count). The van der Waals surface area contributed by atoms with Crippen molar-refractivity contribution in [2.24, 2.45) is 5.41 Å². The number of benzene rings is 1. The highest BCUT2D eigenvalue weighted by atomic mass is 16.5. The van der Waals surface area contributed by atoms with Crippen LogP contribution in [0.15, 0.2) is 18.2 Å². The number of methoxy groups -OCH3 is 1. The van der Waals surface area contributed by atoms with Gasteiger partial charge in [0.15, 0.2) is 0 Å². The Balaban J connectivity index is 1.89. The summed E-state index contributed by atoms with van der Waals surface area (Å²) in [5.74, 6) is 1.12. The first kappa shape index (κ1) is 12.2. The second-order valence-electron chi connectivity index (χ2n) is 5.26. The Morgan fingerprint density at radius 3 is 2.76 bits per heavy atom. The van der Waals surface area contributed by atoms with Crippen LogP contribution >= 0.6 is 0 Å². The normalized spacial score (nSPS) is 17.5. The zero-order valence-electron chi connectivity index (χ0n) is 10.6. The molecule has 94 valence electrons. The summed E-state index contributed by atoms with van der Waals surface area (Å²) < 4.78 is 5.15. The van der Waals surface area contributed by atoms with Crippen molar-refractivity contribution in [2.45, 2.75) is 32.7 Å². The molecule has 3 heteroatoms. The average molecular weight is 235 g/mol. The fourth-order valence-electron chi connectivity index (χ4n) is 2.29. The first-order chi connectivity index (χ1) is 8.13. The summed E-state index contributed by atoms with van der Waals surface area (Å²) in [6, 6.07) is 5.33. The van der Waals surface area contributed by atoms with Gasteiger partial charge in [0, 0.05) is 18.7 Å². The van der Waals surface area contributed by atoms with Crippen LogP contribution in [-0.2, 0) is 6.54 Å². The SMILES string of the molecule is COc1ccc(O)c(CNCC2(C)CCC2)c1. The molecule has 1 saturated carbocycles. The van der Waals surface area contributed by atoms with Crippen LogP contribution in [-0.4, -0.2) is 18.8 Å². The van der Waals surface area contributed by atoms with Gasteiger partial charge in [-0.3, -0.25) is 0 Å². The quantitative estimate of drug-likeness (QED) is 0.824. The molecule has 3 nitrogen and oxygen atoms in total. The number of hydrogen-bond donors (Lipinski definition) is 2. The molecule has 17 heavy (non-hydrogen) atoms. The van der Waals surface area contributed by atoms with E-state index in [0.717, 1.165) is 17.9 Å². The second-order valence-corrected chi connectivity index (χ2v) is 5.26. The molecule has 2 N–H and O–H groups in total. The molecule has 0 aliphatic heterocycles. The molecule has 0 radical (unpaired) electrons. The van der Waals surface area contributed by atoms with Crippen molar-refractivity contribution in [1.29, 1.82) is 0 Å². The number of rotatable bonds is 5. The largest absolute Gasteiger partial charge is 0.508 e. The maximum atomic E-state index is 9.74. The van der Waals surface area contributed by atoms with Crippen molar-refractivity contribution in [1.82, 2.24) is 5.32 Å². The fraction of sp³-hybridized carbons (Fsp3) is 0.571. The standard InChI is InChI=1S/C14H21NO2/c1-14(6-3-7-14)10-15-9-11-8-12(17-2)4-5-13(11)16/h4-5,8,15-16H,3,6-7,9-10H2,1-2H3. The van der Waals surface area contributed by atoms with Crippen molar-refractivity contribution in [3.05, 3.63) is 23.8 Å². The first-order valence-corrected chi connectivity index (χ1v) is 6.20. The molecule has 0 unspecified atom stereocenters. The van der Waals surface area contributed by atoms with Gasteiger partial charge >= 0.3 is 0 Å². The predicted molar refractivity (Wildman–Crippen MR) is 68.3 cm³/mol. The van der Waals surface area contributed by atoms with Crippen LogP contribution in [0.1, 0.15) is 31.7 Å². The number of ether oxygens (including phenoxy) is 1. The van der Waals surface area contributed by atoms with Crippen molar-refractivity contribution >= 4 is 0 Å². The molecular formula is C14H21NO2. The third kappa shape index (κ3) is 2.91. The van der Waals surface area contributed by atoms with Gasteiger partial charge in [0.25, 0.3) is 0 Å². The molecule has 1 aromatic rings. The average Bonchev–Trinajstić information content (AvgIpc) is 2.29. The lowest BCUT2D eigenvalue weighted by Gasteiger charge is -2.38. The Morgan fingerprint density at radius 1 is 1.41 bits per heavy atom. The summed E-state index contributed by atoms with van der Waals surface area (Å²) in [6.07, 6.45) is 3.97. The van der Waals surface area contributed by atoms with E-state index in [-0.39, 0.29) is 0 Å². The summed E-state index contributed by atoms with van der Waals surface area (Å²) in [5, 5.41) is 13.2. The zero-order chi connectivity index (χ0) is 12.3. The third-order valence-corrected chi connectivity index (χ3v) is 3.71. The van der Waals surface area contributed by atoms with Gasteiger partial charge in [0.1, 0.15) is 11.5 Å². The van der Waals surface area contributed by atoms with Gasteiger partial charge < -0.3 is 15.2 Å². The lowest BCUT2D eigenvalue weighted by molar-refractivity contribution is 0.156. The Bertz CT molecular complexity index is 386. The molecule has 1 fully saturated rings. The second kappa shape index (κ2) is 4.96.